The van der Waals surface area contributed by atoms with Crippen molar-refractivity contribution in [2.45, 2.75) is 18.8 Å². The number of hydrogen-bond donors (Lipinski definition) is 2. The molecule has 0 heterocycles. The fourth-order valence-corrected chi connectivity index (χ4v) is 4.11. The number of methoxy groups -OCH3 is 2. The Kier molecular flexibility index (Phi) is 9.92. The monoisotopic (exact) mass is 483 g/mol. The molecule has 0 atom stereocenters. The SMILES string of the molecule is COCCN(CCCNC(=O)OCC1c2ccccc2-c2ccccc21)C(=O)NCCC(=O)OC. The number of carbonyl (C=O) groups excluding carboxylic acids is 3. The van der Waals surface area contributed by atoms with Gasteiger partial charge in [-0.2, -0.15) is 0 Å². The predicted molar refractivity (Wildman–Crippen MR) is 131 cm³/mol. The lowest BCUT2D eigenvalue weighted by molar-refractivity contribution is -0.140. The summed E-state index contributed by atoms with van der Waals surface area (Å²) >= 11 is 0. The smallest absolute Gasteiger partial charge is 0.407 e. The summed E-state index contributed by atoms with van der Waals surface area (Å²) in [5, 5.41) is 5.45. The highest BCUT2D eigenvalue weighted by atomic mass is 16.5. The molecule has 35 heavy (non-hydrogen) atoms. The Morgan fingerprint density at radius 2 is 1.54 bits per heavy atom. The third kappa shape index (κ3) is 7.19. The Morgan fingerprint density at radius 3 is 2.17 bits per heavy atom. The molecule has 0 saturated heterocycles. The maximum atomic E-state index is 12.4. The first-order chi connectivity index (χ1) is 17.0. The number of ether oxygens (including phenoxy) is 3. The molecular formula is C26H33N3O6. The van der Waals surface area contributed by atoms with Crippen LogP contribution in [-0.2, 0) is 19.0 Å². The third-order valence-electron chi connectivity index (χ3n) is 5.90. The molecule has 1 aliphatic rings. The standard InChI is InChI=1S/C26H33N3O6/c1-33-17-16-29(25(31)27-14-12-24(30)34-2)15-7-13-28-26(32)35-18-23-21-10-5-3-8-19(21)20-9-4-6-11-22(20)23/h3-6,8-11,23H,7,12-18H2,1-2H3,(H,27,31)(H,28,32). The molecule has 0 spiro atoms. The number of rotatable bonds is 12. The topological polar surface area (TPSA) is 106 Å². The van der Waals surface area contributed by atoms with Crippen LogP contribution in [0, 0.1) is 0 Å². The van der Waals surface area contributed by atoms with Gasteiger partial charge in [0, 0.05) is 39.2 Å². The summed E-state index contributed by atoms with van der Waals surface area (Å²) in [7, 11) is 2.87. The lowest BCUT2D eigenvalue weighted by Gasteiger charge is -2.23. The van der Waals surface area contributed by atoms with Crippen LogP contribution in [-0.4, -0.2) is 76.6 Å². The van der Waals surface area contributed by atoms with Gasteiger partial charge in [-0.05, 0) is 28.7 Å². The van der Waals surface area contributed by atoms with E-state index in [4.69, 9.17) is 9.47 Å². The molecule has 0 unspecified atom stereocenters. The lowest BCUT2D eigenvalue weighted by Crippen LogP contribution is -2.43. The minimum absolute atomic E-state index is 0.00590. The highest BCUT2D eigenvalue weighted by molar-refractivity contribution is 5.79. The van der Waals surface area contributed by atoms with Crippen molar-refractivity contribution in [1.82, 2.24) is 15.5 Å². The number of urea groups is 1. The van der Waals surface area contributed by atoms with Crippen molar-refractivity contribution in [3.63, 3.8) is 0 Å². The predicted octanol–water partition coefficient (Wildman–Crippen LogP) is 3.14. The van der Waals surface area contributed by atoms with E-state index in [0.717, 1.165) is 11.1 Å². The number of benzene rings is 2. The van der Waals surface area contributed by atoms with E-state index in [0.29, 0.717) is 32.7 Å². The van der Waals surface area contributed by atoms with Gasteiger partial charge >= 0.3 is 18.1 Å². The Morgan fingerprint density at radius 1 is 0.886 bits per heavy atom. The number of nitrogens with zero attached hydrogens (tertiary/aromatic N) is 1. The molecule has 2 aromatic rings. The fraction of sp³-hybridized carbons (Fsp3) is 0.423. The first-order valence-corrected chi connectivity index (χ1v) is 11.7. The van der Waals surface area contributed by atoms with Crippen LogP contribution >= 0.6 is 0 Å². The van der Waals surface area contributed by atoms with Crippen LogP contribution in [0.5, 0.6) is 0 Å². The molecule has 3 rings (SSSR count). The number of hydrogen-bond acceptors (Lipinski definition) is 6. The van der Waals surface area contributed by atoms with Crippen LogP contribution < -0.4 is 10.6 Å². The summed E-state index contributed by atoms with van der Waals surface area (Å²) in [4.78, 5) is 37.5. The maximum absolute atomic E-state index is 12.4. The van der Waals surface area contributed by atoms with Crippen LogP contribution in [0.3, 0.4) is 0 Å². The van der Waals surface area contributed by atoms with E-state index in [9.17, 15) is 14.4 Å². The summed E-state index contributed by atoms with van der Waals surface area (Å²) in [6, 6.07) is 16.1. The average Bonchev–Trinajstić information content (AvgIpc) is 3.20. The summed E-state index contributed by atoms with van der Waals surface area (Å²) in [6.07, 6.45) is 0.153. The molecule has 0 aromatic heterocycles. The number of alkyl carbamates (subject to hydrolysis) is 1. The van der Waals surface area contributed by atoms with E-state index in [2.05, 4.69) is 39.6 Å². The van der Waals surface area contributed by atoms with Gasteiger partial charge in [0.15, 0.2) is 0 Å². The van der Waals surface area contributed by atoms with Crippen molar-refractivity contribution < 1.29 is 28.6 Å². The maximum Gasteiger partial charge on any atom is 0.407 e. The van der Waals surface area contributed by atoms with Crippen molar-refractivity contribution in [2.75, 3.05) is 53.6 Å². The summed E-state index contributed by atoms with van der Waals surface area (Å²) in [6.45, 7) is 1.98. The zero-order valence-electron chi connectivity index (χ0n) is 20.2. The van der Waals surface area contributed by atoms with Gasteiger partial charge in [-0.3, -0.25) is 4.79 Å². The molecule has 0 aliphatic heterocycles. The fourth-order valence-electron chi connectivity index (χ4n) is 4.11. The van der Waals surface area contributed by atoms with Gasteiger partial charge in [-0.1, -0.05) is 48.5 Å². The number of nitrogens with one attached hydrogen (secondary N) is 2. The number of carbonyl (C=O) groups is 3. The molecule has 1 aliphatic carbocycles. The third-order valence-corrected chi connectivity index (χ3v) is 5.90. The van der Waals surface area contributed by atoms with E-state index >= 15 is 0 Å². The van der Waals surface area contributed by atoms with Crippen molar-refractivity contribution in [3.8, 4) is 11.1 Å². The van der Waals surface area contributed by atoms with Gasteiger partial charge < -0.3 is 29.7 Å². The number of esters is 1. The average molecular weight is 484 g/mol. The molecule has 0 radical (unpaired) electrons. The second-order valence-corrected chi connectivity index (χ2v) is 8.14. The van der Waals surface area contributed by atoms with Gasteiger partial charge in [-0.25, -0.2) is 9.59 Å². The first-order valence-electron chi connectivity index (χ1n) is 11.7. The molecule has 2 aromatic carbocycles. The van der Waals surface area contributed by atoms with Crippen molar-refractivity contribution >= 4 is 18.1 Å². The Balaban J connectivity index is 1.42. The summed E-state index contributed by atoms with van der Waals surface area (Å²) in [5.41, 5.74) is 4.68. The second-order valence-electron chi connectivity index (χ2n) is 8.14. The van der Waals surface area contributed by atoms with Crippen LogP contribution in [0.2, 0.25) is 0 Å². The van der Waals surface area contributed by atoms with E-state index < -0.39 is 6.09 Å². The van der Waals surface area contributed by atoms with Gasteiger partial charge in [0.05, 0.1) is 20.1 Å². The second kappa shape index (κ2) is 13.3. The van der Waals surface area contributed by atoms with Gasteiger partial charge in [0.25, 0.3) is 0 Å². The van der Waals surface area contributed by atoms with Crippen molar-refractivity contribution in [1.29, 1.82) is 0 Å². The Labute approximate surface area is 205 Å². The Hall–Kier alpha value is -3.59. The van der Waals surface area contributed by atoms with E-state index in [1.807, 2.05) is 24.3 Å². The molecule has 188 valence electrons. The molecule has 0 fully saturated rings. The zero-order valence-corrected chi connectivity index (χ0v) is 20.2. The summed E-state index contributed by atoms with van der Waals surface area (Å²) in [5.74, 6) is -0.382. The van der Waals surface area contributed by atoms with Gasteiger partial charge in [0.1, 0.15) is 6.61 Å². The summed E-state index contributed by atoms with van der Waals surface area (Å²) < 4.78 is 15.2. The molecule has 2 N–H and O–H groups in total. The number of amides is 3. The first kappa shape index (κ1) is 26.0. The lowest BCUT2D eigenvalue weighted by atomic mass is 9.98. The van der Waals surface area contributed by atoms with Crippen LogP contribution in [0.15, 0.2) is 48.5 Å². The molecule has 0 bridgehead atoms. The molecule has 3 amide bonds. The minimum Gasteiger partial charge on any atom is -0.469 e. The number of fused-ring (bicyclic) bond motifs is 3. The van der Waals surface area contributed by atoms with E-state index in [1.54, 1.807) is 12.0 Å². The van der Waals surface area contributed by atoms with Crippen molar-refractivity contribution in [3.05, 3.63) is 59.7 Å². The molecule has 9 nitrogen and oxygen atoms in total. The normalized spacial score (nSPS) is 11.8. The zero-order chi connectivity index (χ0) is 25.0. The molecule has 9 heteroatoms. The van der Waals surface area contributed by atoms with Crippen LogP contribution in [0.25, 0.3) is 11.1 Å². The highest BCUT2D eigenvalue weighted by Gasteiger charge is 2.28. The van der Waals surface area contributed by atoms with Gasteiger partial charge in [-0.15, -0.1) is 0 Å². The molecular weight excluding hydrogens is 450 g/mol. The molecule has 0 saturated carbocycles. The van der Waals surface area contributed by atoms with Crippen LogP contribution in [0.4, 0.5) is 9.59 Å². The largest absolute Gasteiger partial charge is 0.469 e. The van der Waals surface area contributed by atoms with Crippen LogP contribution in [0.1, 0.15) is 29.9 Å². The quantitative estimate of drug-likeness (QED) is 0.355. The highest BCUT2D eigenvalue weighted by Crippen LogP contribution is 2.44. The Bertz CT molecular complexity index is 967. The van der Waals surface area contributed by atoms with Gasteiger partial charge in [0.2, 0.25) is 0 Å². The van der Waals surface area contributed by atoms with E-state index in [1.165, 1.54) is 18.2 Å². The minimum atomic E-state index is -0.488. The van der Waals surface area contributed by atoms with E-state index in [-0.39, 0.29) is 37.5 Å². The van der Waals surface area contributed by atoms with Crippen molar-refractivity contribution in [2.24, 2.45) is 0 Å².